The second-order valence-electron chi connectivity index (χ2n) is 6.63. The van der Waals surface area contributed by atoms with Gasteiger partial charge in [-0.05, 0) is 24.3 Å². The van der Waals surface area contributed by atoms with E-state index in [2.05, 4.69) is 10.3 Å². The first-order valence-corrected chi connectivity index (χ1v) is 11.7. The van der Waals surface area contributed by atoms with Gasteiger partial charge in [-0.2, -0.15) is 4.31 Å². The Bertz CT molecular complexity index is 1030. The summed E-state index contributed by atoms with van der Waals surface area (Å²) in [6.45, 7) is 3.11. The van der Waals surface area contributed by atoms with Crippen molar-refractivity contribution in [2.75, 3.05) is 26.2 Å². The molecule has 1 aliphatic heterocycles. The van der Waals surface area contributed by atoms with Gasteiger partial charge in [0, 0.05) is 42.1 Å². The van der Waals surface area contributed by atoms with E-state index in [1.54, 1.807) is 39.9 Å². The highest BCUT2D eigenvalue weighted by Crippen LogP contribution is 2.25. The minimum absolute atomic E-state index is 0.357. The summed E-state index contributed by atoms with van der Waals surface area (Å²) in [7, 11) is -3.41. The molecule has 28 heavy (non-hydrogen) atoms. The molecular formula is C20H20ClN3O2S2. The quantitative estimate of drug-likeness (QED) is 0.611. The summed E-state index contributed by atoms with van der Waals surface area (Å²) >= 11 is 7.57. The van der Waals surface area contributed by atoms with Gasteiger partial charge >= 0.3 is 0 Å². The number of nitrogens with zero attached hydrogens (tertiary/aromatic N) is 3. The summed E-state index contributed by atoms with van der Waals surface area (Å²) in [5, 5.41) is 3.79. The number of halogens is 1. The molecule has 146 valence electrons. The Kier molecular flexibility index (Phi) is 5.80. The van der Waals surface area contributed by atoms with Crippen molar-refractivity contribution in [3.63, 3.8) is 0 Å². The molecule has 1 fully saturated rings. The van der Waals surface area contributed by atoms with Gasteiger partial charge in [-0.25, -0.2) is 13.4 Å². The maximum atomic E-state index is 12.7. The lowest BCUT2D eigenvalue weighted by atomic mass is 10.2. The molecule has 1 saturated heterocycles. The standard InChI is InChI=1S/C20H20ClN3O2S2/c21-17-8-6-16(7-9-17)19-15-27-20(22-19)14-23-10-12-24(13-11-23)28(25,26)18-4-2-1-3-5-18/h1-9,15H,10-14H2. The second kappa shape index (κ2) is 8.31. The maximum Gasteiger partial charge on any atom is 0.243 e. The van der Waals surface area contributed by atoms with E-state index in [0.717, 1.165) is 22.8 Å². The van der Waals surface area contributed by atoms with Crippen LogP contribution in [0.1, 0.15) is 5.01 Å². The smallest absolute Gasteiger partial charge is 0.243 e. The van der Waals surface area contributed by atoms with Crippen LogP contribution in [0.15, 0.2) is 64.9 Å². The second-order valence-corrected chi connectivity index (χ2v) is 9.94. The number of piperazine rings is 1. The Morgan fingerprint density at radius 1 is 0.964 bits per heavy atom. The van der Waals surface area contributed by atoms with Crippen LogP contribution in [0.4, 0.5) is 0 Å². The van der Waals surface area contributed by atoms with Gasteiger partial charge in [-0.3, -0.25) is 4.90 Å². The minimum Gasteiger partial charge on any atom is -0.294 e. The molecule has 1 aromatic heterocycles. The lowest BCUT2D eigenvalue weighted by molar-refractivity contribution is 0.181. The van der Waals surface area contributed by atoms with Crippen LogP contribution in [0.2, 0.25) is 5.02 Å². The molecule has 2 heterocycles. The number of benzene rings is 2. The Morgan fingerprint density at radius 3 is 2.32 bits per heavy atom. The molecule has 3 aromatic rings. The van der Waals surface area contributed by atoms with Crippen molar-refractivity contribution in [1.29, 1.82) is 0 Å². The van der Waals surface area contributed by atoms with Crippen molar-refractivity contribution in [3.8, 4) is 11.3 Å². The molecule has 2 aromatic carbocycles. The molecule has 0 atom stereocenters. The third-order valence-corrected chi connectivity index (χ3v) is 7.76. The van der Waals surface area contributed by atoms with Crippen molar-refractivity contribution in [2.45, 2.75) is 11.4 Å². The normalized spacial score (nSPS) is 16.3. The summed E-state index contributed by atoms with van der Waals surface area (Å²) in [6, 6.07) is 16.3. The highest BCUT2D eigenvalue weighted by molar-refractivity contribution is 7.89. The van der Waals surface area contributed by atoms with E-state index in [4.69, 9.17) is 16.6 Å². The van der Waals surface area contributed by atoms with E-state index in [-0.39, 0.29) is 0 Å². The predicted molar refractivity (Wildman–Crippen MR) is 113 cm³/mol. The van der Waals surface area contributed by atoms with Gasteiger partial charge in [0.25, 0.3) is 0 Å². The van der Waals surface area contributed by atoms with Gasteiger partial charge in [-0.15, -0.1) is 11.3 Å². The van der Waals surface area contributed by atoms with E-state index >= 15 is 0 Å². The van der Waals surface area contributed by atoms with Crippen LogP contribution >= 0.6 is 22.9 Å². The number of rotatable bonds is 5. The Labute approximate surface area is 174 Å². The van der Waals surface area contributed by atoms with Crippen LogP contribution < -0.4 is 0 Å². The lowest BCUT2D eigenvalue weighted by Crippen LogP contribution is -2.48. The van der Waals surface area contributed by atoms with Crippen LogP contribution in [0.5, 0.6) is 0 Å². The van der Waals surface area contributed by atoms with Gasteiger partial charge < -0.3 is 0 Å². The molecule has 0 aliphatic carbocycles. The summed E-state index contributed by atoms with van der Waals surface area (Å²) in [5.74, 6) is 0. The van der Waals surface area contributed by atoms with Crippen molar-refractivity contribution in [3.05, 3.63) is 70.0 Å². The first-order valence-electron chi connectivity index (χ1n) is 9.00. The largest absolute Gasteiger partial charge is 0.294 e. The monoisotopic (exact) mass is 433 g/mol. The molecule has 0 unspecified atom stereocenters. The highest BCUT2D eigenvalue weighted by Gasteiger charge is 2.28. The fourth-order valence-corrected chi connectivity index (χ4v) is 5.61. The Morgan fingerprint density at radius 2 is 1.64 bits per heavy atom. The van der Waals surface area contributed by atoms with Gasteiger partial charge in [0.1, 0.15) is 5.01 Å². The van der Waals surface area contributed by atoms with Crippen molar-refractivity contribution < 1.29 is 8.42 Å². The molecule has 8 heteroatoms. The summed E-state index contributed by atoms with van der Waals surface area (Å²) in [4.78, 5) is 7.33. The Balaban J connectivity index is 1.37. The van der Waals surface area contributed by atoms with Crippen molar-refractivity contribution in [1.82, 2.24) is 14.2 Å². The van der Waals surface area contributed by atoms with Crippen LogP contribution in [-0.4, -0.2) is 48.8 Å². The lowest BCUT2D eigenvalue weighted by Gasteiger charge is -2.33. The number of aromatic nitrogens is 1. The fourth-order valence-electron chi connectivity index (χ4n) is 3.20. The average molecular weight is 434 g/mol. The number of thiazole rings is 1. The molecule has 5 nitrogen and oxygen atoms in total. The van der Waals surface area contributed by atoms with Crippen LogP contribution in [0.25, 0.3) is 11.3 Å². The molecule has 0 amide bonds. The van der Waals surface area contributed by atoms with Gasteiger partial charge in [0.05, 0.1) is 17.1 Å². The molecule has 0 bridgehead atoms. The van der Waals surface area contributed by atoms with E-state index in [9.17, 15) is 8.42 Å². The Hall–Kier alpha value is -1.77. The van der Waals surface area contributed by atoms with Gasteiger partial charge in [-0.1, -0.05) is 41.9 Å². The molecule has 0 spiro atoms. The number of hydrogen-bond donors (Lipinski definition) is 0. The van der Waals surface area contributed by atoms with E-state index in [1.807, 2.05) is 30.3 Å². The number of sulfonamides is 1. The number of hydrogen-bond acceptors (Lipinski definition) is 5. The summed E-state index contributed by atoms with van der Waals surface area (Å²) < 4.78 is 27.0. The fraction of sp³-hybridized carbons (Fsp3) is 0.250. The first-order chi connectivity index (χ1) is 13.5. The summed E-state index contributed by atoms with van der Waals surface area (Å²) in [6.07, 6.45) is 0. The van der Waals surface area contributed by atoms with Crippen LogP contribution in [0, 0.1) is 0 Å². The van der Waals surface area contributed by atoms with E-state index < -0.39 is 10.0 Å². The molecule has 0 saturated carbocycles. The average Bonchev–Trinajstić information content (AvgIpc) is 3.18. The molecule has 0 N–H and O–H groups in total. The topological polar surface area (TPSA) is 53.5 Å². The van der Waals surface area contributed by atoms with E-state index in [0.29, 0.717) is 36.1 Å². The zero-order chi connectivity index (χ0) is 19.6. The van der Waals surface area contributed by atoms with Crippen LogP contribution in [-0.2, 0) is 16.6 Å². The third kappa shape index (κ3) is 4.29. The van der Waals surface area contributed by atoms with Crippen molar-refractivity contribution >= 4 is 33.0 Å². The van der Waals surface area contributed by atoms with Crippen LogP contribution in [0.3, 0.4) is 0 Å². The molecule has 0 radical (unpaired) electrons. The van der Waals surface area contributed by atoms with Crippen molar-refractivity contribution in [2.24, 2.45) is 0 Å². The van der Waals surface area contributed by atoms with Gasteiger partial charge in [0.2, 0.25) is 10.0 Å². The third-order valence-electron chi connectivity index (χ3n) is 4.76. The first kappa shape index (κ1) is 19.5. The molecular weight excluding hydrogens is 414 g/mol. The van der Waals surface area contributed by atoms with Gasteiger partial charge in [0.15, 0.2) is 0 Å². The maximum absolute atomic E-state index is 12.7. The van der Waals surface area contributed by atoms with E-state index in [1.165, 1.54) is 0 Å². The summed E-state index contributed by atoms with van der Waals surface area (Å²) in [5.41, 5.74) is 1.99. The minimum atomic E-state index is -3.41. The SMILES string of the molecule is O=S(=O)(c1ccccc1)N1CCN(Cc2nc(-c3ccc(Cl)cc3)cs2)CC1. The predicted octanol–water partition coefficient (Wildman–Crippen LogP) is 3.97. The zero-order valence-electron chi connectivity index (χ0n) is 15.2. The highest BCUT2D eigenvalue weighted by atomic mass is 35.5. The molecule has 1 aliphatic rings. The molecule has 4 rings (SSSR count). The zero-order valence-corrected chi connectivity index (χ0v) is 17.6.